The molecule has 1 N–H and O–H groups in total. The van der Waals surface area contributed by atoms with Gasteiger partial charge in [0.1, 0.15) is 11.5 Å². The number of ether oxygens (including phenoxy) is 2. The van der Waals surface area contributed by atoms with E-state index in [-0.39, 0.29) is 5.54 Å². The Morgan fingerprint density at radius 1 is 0.848 bits per heavy atom. The Labute approximate surface area is 197 Å². The monoisotopic (exact) mass is 442 g/mol. The van der Waals surface area contributed by atoms with Crippen molar-refractivity contribution in [2.75, 3.05) is 33.9 Å². The maximum atomic E-state index is 5.61. The largest absolute Gasteiger partial charge is 0.496 e. The van der Waals surface area contributed by atoms with Gasteiger partial charge in [-0.2, -0.15) is 0 Å². The second-order valence-corrected chi connectivity index (χ2v) is 9.45. The van der Waals surface area contributed by atoms with E-state index in [9.17, 15) is 0 Å². The molecule has 33 heavy (non-hydrogen) atoms. The molecule has 3 aliphatic rings. The van der Waals surface area contributed by atoms with Crippen molar-refractivity contribution >= 4 is 0 Å². The van der Waals surface area contributed by atoms with Crippen molar-refractivity contribution in [1.29, 1.82) is 0 Å². The van der Waals surface area contributed by atoms with Crippen LogP contribution in [-0.4, -0.2) is 44.3 Å². The summed E-state index contributed by atoms with van der Waals surface area (Å²) in [6.45, 7) is 4.40. The van der Waals surface area contributed by atoms with Crippen LogP contribution in [0, 0.1) is 5.92 Å². The van der Waals surface area contributed by atoms with Crippen molar-refractivity contribution in [3.8, 4) is 22.6 Å². The molecule has 3 aromatic rings. The molecule has 6 rings (SSSR count). The molecule has 3 heterocycles. The number of nitrogens with zero attached hydrogens (tertiary/aromatic N) is 1. The van der Waals surface area contributed by atoms with Crippen LogP contribution in [0.4, 0.5) is 0 Å². The topological polar surface area (TPSA) is 33.7 Å². The number of benzene rings is 3. The predicted octanol–water partition coefficient (Wildman–Crippen LogP) is 5.17. The third-order valence-corrected chi connectivity index (χ3v) is 7.59. The molecular weight excluding hydrogens is 408 g/mol. The fraction of sp³-hybridized carbons (Fsp3) is 0.379. The summed E-state index contributed by atoms with van der Waals surface area (Å²) in [5, 5.41) is 4.03. The molecule has 4 heteroatoms. The van der Waals surface area contributed by atoms with Crippen LogP contribution in [0.3, 0.4) is 0 Å². The Hall–Kier alpha value is -2.82. The second kappa shape index (κ2) is 9.58. The van der Waals surface area contributed by atoms with Crippen molar-refractivity contribution < 1.29 is 9.47 Å². The number of nitrogens with one attached hydrogen (secondary N) is 1. The number of fused-ring (bicyclic) bond motifs is 3. The number of para-hydroxylation sites is 2. The van der Waals surface area contributed by atoms with Crippen molar-refractivity contribution in [2.24, 2.45) is 5.92 Å². The summed E-state index contributed by atoms with van der Waals surface area (Å²) in [4.78, 5) is 2.64. The van der Waals surface area contributed by atoms with Gasteiger partial charge in [-0.1, -0.05) is 60.7 Å². The van der Waals surface area contributed by atoms with Crippen molar-refractivity contribution in [3.05, 3.63) is 83.9 Å². The zero-order chi connectivity index (χ0) is 22.7. The van der Waals surface area contributed by atoms with Gasteiger partial charge in [0.05, 0.1) is 14.2 Å². The van der Waals surface area contributed by atoms with Crippen LogP contribution >= 0.6 is 0 Å². The molecule has 3 fully saturated rings. The Bertz CT molecular complexity index is 1070. The van der Waals surface area contributed by atoms with E-state index in [1.807, 2.05) is 18.2 Å². The molecule has 0 spiro atoms. The molecule has 0 amide bonds. The molecule has 0 saturated carbocycles. The lowest BCUT2D eigenvalue weighted by atomic mass is 9.69. The molecule has 4 nitrogen and oxygen atoms in total. The molecule has 0 radical (unpaired) electrons. The summed E-state index contributed by atoms with van der Waals surface area (Å²) < 4.78 is 11.2. The molecule has 1 unspecified atom stereocenters. The van der Waals surface area contributed by atoms with Gasteiger partial charge in [0, 0.05) is 29.8 Å². The molecule has 0 aliphatic carbocycles. The molecule has 2 bridgehead atoms. The van der Waals surface area contributed by atoms with Gasteiger partial charge in [0.2, 0.25) is 0 Å². The summed E-state index contributed by atoms with van der Waals surface area (Å²) >= 11 is 0. The predicted molar refractivity (Wildman–Crippen MR) is 134 cm³/mol. The summed E-state index contributed by atoms with van der Waals surface area (Å²) in [7, 11) is 3.49. The van der Waals surface area contributed by atoms with Gasteiger partial charge < -0.3 is 19.7 Å². The zero-order valence-corrected chi connectivity index (χ0v) is 19.7. The van der Waals surface area contributed by atoms with Crippen LogP contribution in [0.2, 0.25) is 0 Å². The summed E-state index contributed by atoms with van der Waals surface area (Å²) in [5.74, 6) is 2.58. The van der Waals surface area contributed by atoms with Crippen LogP contribution in [0.25, 0.3) is 11.1 Å². The minimum Gasteiger partial charge on any atom is -0.496 e. The highest BCUT2D eigenvalue weighted by atomic mass is 16.5. The van der Waals surface area contributed by atoms with Crippen LogP contribution in [0.1, 0.15) is 24.0 Å². The maximum Gasteiger partial charge on any atom is 0.126 e. The van der Waals surface area contributed by atoms with E-state index in [2.05, 4.69) is 64.8 Å². The number of hydrogen-bond acceptors (Lipinski definition) is 4. The molecule has 1 atom stereocenters. The lowest BCUT2D eigenvalue weighted by Crippen LogP contribution is -2.66. The van der Waals surface area contributed by atoms with Crippen LogP contribution < -0.4 is 14.8 Å². The van der Waals surface area contributed by atoms with E-state index < -0.39 is 0 Å². The van der Waals surface area contributed by atoms with E-state index in [0.717, 1.165) is 36.6 Å². The van der Waals surface area contributed by atoms with E-state index in [4.69, 9.17) is 9.47 Å². The van der Waals surface area contributed by atoms with E-state index in [0.29, 0.717) is 5.92 Å². The Morgan fingerprint density at radius 3 is 2.18 bits per heavy atom. The van der Waals surface area contributed by atoms with Gasteiger partial charge in [-0.3, -0.25) is 0 Å². The van der Waals surface area contributed by atoms with Gasteiger partial charge >= 0.3 is 0 Å². The van der Waals surface area contributed by atoms with Gasteiger partial charge in [-0.25, -0.2) is 0 Å². The highest BCUT2D eigenvalue weighted by molar-refractivity contribution is 5.70. The standard InChI is InChI=1S/C29H34N2O2/c1-32-27-9-5-3-7-24(27)20-30-29(21-31-17-15-25(29)16-18-31)19-22-11-13-23(14-12-22)26-8-4-6-10-28(26)33-2/h3-14,25,30H,15-21H2,1-2H3. The number of hydrogen-bond donors (Lipinski definition) is 1. The first kappa shape index (κ1) is 22.0. The first-order chi connectivity index (χ1) is 16.2. The molecule has 3 aliphatic heterocycles. The summed E-state index contributed by atoms with van der Waals surface area (Å²) in [6.07, 6.45) is 3.59. The van der Waals surface area contributed by atoms with E-state index >= 15 is 0 Å². The van der Waals surface area contributed by atoms with E-state index in [1.165, 1.54) is 42.6 Å². The van der Waals surface area contributed by atoms with Gasteiger partial charge in [0.25, 0.3) is 0 Å². The SMILES string of the molecule is COc1ccccc1CNC1(Cc2ccc(-c3ccccc3OC)cc2)CN2CCC1CC2. The summed E-state index contributed by atoms with van der Waals surface area (Å²) in [6, 6.07) is 25.7. The zero-order valence-electron chi connectivity index (χ0n) is 19.7. The quantitative estimate of drug-likeness (QED) is 0.522. The van der Waals surface area contributed by atoms with Crippen molar-refractivity contribution in [3.63, 3.8) is 0 Å². The first-order valence-electron chi connectivity index (χ1n) is 12.0. The normalized spacial score (nSPS) is 23.9. The molecule has 3 saturated heterocycles. The fourth-order valence-corrected chi connectivity index (χ4v) is 5.80. The van der Waals surface area contributed by atoms with Crippen molar-refractivity contribution in [1.82, 2.24) is 10.2 Å². The van der Waals surface area contributed by atoms with Crippen LogP contribution in [-0.2, 0) is 13.0 Å². The van der Waals surface area contributed by atoms with Crippen LogP contribution in [0.5, 0.6) is 11.5 Å². The third kappa shape index (κ3) is 4.50. The van der Waals surface area contributed by atoms with Gasteiger partial charge in [-0.15, -0.1) is 0 Å². The lowest BCUT2D eigenvalue weighted by molar-refractivity contribution is 0.00484. The molecule has 0 aromatic heterocycles. The Kier molecular flexibility index (Phi) is 6.39. The van der Waals surface area contributed by atoms with Crippen LogP contribution in [0.15, 0.2) is 72.8 Å². The summed E-state index contributed by atoms with van der Waals surface area (Å²) in [5.41, 5.74) is 5.03. The average Bonchev–Trinajstić information content (AvgIpc) is 2.89. The minimum atomic E-state index is 0.0866. The third-order valence-electron chi connectivity index (χ3n) is 7.59. The highest BCUT2D eigenvalue weighted by Crippen LogP contribution is 2.39. The molecule has 3 aromatic carbocycles. The second-order valence-electron chi connectivity index (χ2n) is 9.45. The number of rotatable bonds is 8. The van der Waals surface area contributed by atoms with Gasteiger partial charge in [0.15, 0.2) is 0 Å². The maximum absolute atomic E-state index is 5.61. The first-order valence-corrected chi connectivity index (χ1v) is 12.0. The average molecular weight is 443 g/mol. The fourth-order valence-electron chi connectivity index (χ4n) is 5.80. The molecule has 172 valence electrons. The number of piperidine rings is 3. The molecular formula is C29H34N2O2. The van der Waals surface area contributed by atoms with Gasteiger partial charge in [-0.05, 0) is 61.5 Å². The smallest absolute Gasteiger partial charge is 0.126 e. The Morgan fingerprint density at radius 2 is 1.52 bits per heavy atom. The number of methoxy groups -OCH3 is 2. The highest BCUT2D eigenvalue weighted by Gasteiger charge is 2.46. The van der Waals surface area contributed by atoms with E-state index in [1.54, 1.807) is 14.2 Å². The minimum absolute atomic E-state index is 0.0866. The van der Waals surface area contributed by atoms with Crippen molar-refractivity contribution in [2.45, 2.75) is 31.3 Å². The lowest BCUT2D eigenvalue weighted by Gasteiger charge is -2.54. The Balaban J connectivity index is 1.39.